The number of aromatic nitrogens is 3. The van der Waals surface area contributed by atoms with E-state index in [-0.39, 0.29) is 11.9 Å². The smallest absolute Gasteiger partial charge is 0.264 e. The van der Waals surface area contributed by atoms with Crippen molar-refractivity contribution in [2.45, 2.75) is 19.4 Å². The van der Waals surface area contributed by atoms with Crippen LogP contribution >= 0.6 is 11.3 Å². The molecule has 1 amide bonds. The van der Waals surface area contributed by atoms with Crippen molar-refractivity contribution in [1.82, 2.24) is 19.9 Å². The minimum Gasteiger partial charge on any atom is -0.331 e. The number of rotatable bonds is 2. The number of carbonyl (C=O) groups is 1. The van der Waals surface area contributed by atoms with E-state index < -0.39 is 0 Å². The topological polar surface area (TPSA) is 59.0 Å². The van der Waals surface area contributed by atoms with Crippen LogP contribution in [-0.2, 0) is 6.42 Å². The number of fused-ring (bicyclic) bond motifs is 2. The quantitative estimate of drug-likeness (QED) is 0.508. The van der Waals surface area contributed by atoms with Crippen LogP contribution in [0.1, 0.15) is 33.9 Å². The summed E-state index contributed by atoms with van der Waals surface area (Å²) >= 11 is 1.55. The molecule has 1 aliphatic heterocycles. The lowest BCUT2D eigenvalue weighted by Crippen LogP contribution is -2.39. The van der Waals surface area contributed by atoms with Gasteiger partial charge in [-0.3, -0.25) is 9.78 Å². The highest BCUT2D eigenvalue weighted by atomic mass is 32.1. The van der Waals surface area contributed by atoms with E-state index in [2.05, 4.69) is 16.0 Å². The lowest BCUT2D eigenvalue weighted by atomic mass is 9.99. The van der Waals surface area contributed by atoms with E-state index in [1.807, 2.05) is 60.5 Å². The molecular weight excluding hydrogens is 368 g/mol. The van der Waals surface area contributed by atoms with Crippen LogP contribution < -0.4 is 0 Å². The summed E-state index contributed by atoms with van der Waals surface area (Å²) in [4.78, 5) is 29.4. The number of hydrogen-bond donors (Lipinski definition) is 0. The molecule has 0 bridgehead atoms. The highest BCUT2D eigenvalue weighted by molar-refractivity contribution is 7.20. The molecule has 0 saturated carbocycles. The number of carbonyl (C=O) groups excluding carboxylic acids is 1. The van der Waals surface area contributed by atoms with Gasteiger partial charge >= 0.3 is 0 Å². The molecule has 1 unspecified atom stereocenters. The molecule has 3 aromatic heterocycles. The van der Waals surface area contributed by atoms with Crippen molar-refractivity contribution >= 4 is 27.3 Å². The molecule has 1 aromatic carbocycles. The van der Waals surface area contributed by atoms with Crippen LogP contribution in [0.15, 0.2) is 60.9 Å². The second kappa shape index (κ2) is 6.80. The zero-order chi connectivity index (χ0) is 19.1. The Morgan fingerprint density at radius 3 is 2.82 bits per heavy atom. The standard InChI is InChI=1S/C22H18N4OS/c1-14-16-13-24-21(18-7-4-5-10-23-18)25-17(16)9-11-26(14)22(27)20-12-15-6-2-3-8-19(15)28-20/h2-8,10,12-14H,9,11H2,1H3. The molecule has 1 aliphatic rings. The Labute approximate surface area is 166 Å². The molecule has 4 heterocycles. The maximum atomic E-state index is 13.2. The summed E-state index contributed by atoms with van der Waals surface area (Å²) in [6.45, 7) is 2.70. The van der Waals surface area contributed by atoms with E-state index in [1.165, 1.54) is 0 Å². The Hall–Kier alpha value is -3.12. The minimum absolute atomic E-state index is 0.0563. The molecule has 0 fully saturated rings. The van der Waals surface area contributed by atoms with Gasteiger partial charge in [0.25, 0.3) is 5.91 Å². The normalized spacial score (nSPS) is 16.2. The number of hydrogen-bond acceptors (Lipinski definition) is 5. The molecule has 4 aromatic rings. The Morgan fingerprint density at radius 1 is 1.14 bits per heavy atom. The fraction of sp³-hybridized carbons (Fsp3) is 0.182. The number of thiophene rings is 1. The van der Waals surface area contributed by atoms with Crippen molar-refractivity contribution in [3.63, 3.8) is 0 Å². The Balaban J connectivity index is 1.44. The lowest BCUT2D eigenvalue weighted by molar-refractivity contribution is 0.0681. The molecule has 1 atom stereocenters. The summed E-state index contributed by atoms with van der Waals surface area (Å²) < 4.78 is 1.14. The van der Waals surface area contributed by atoms with E-state index in [0.717, 1.165) is 38.3 Å². The van der Waals surface area contributed by atoms with E-state index in [0.29, 0.717) is 12.4 Å². The molecule has 0 saturated heterocycles. The van der Waals surface area contributed by atoms with Gasteiger partial charge < -0.3 is 4.90 Å². The summed E-state index contributed by atoms with van der Waals surface area (Å²) in [5, 5.41) is 1.12. The van der Waals surface area contributed by atoms with Gasteiger partial charge in [0.1, 0.15) is 5.69 Å². The second-order valence-corrected chi connectivity index (χ2v) is 7.97. The van der Waals surface area contributed by atoms with Gasteiger partial charge in [-0.25, -0.2) is 9.97 Å². The highest BCUT2D eigenvalue weighted by Crippen LogP contribution is 2.33. The van der Waals surface area contributed by atoms with Crippen LogP contribution in [0.25, 0.3) is 21.6 Å². The van der Waals surface area contributed by atoms with Gasteiger partial charge in [-0.05, 0) is 36.6 Å². The van der Waals surface area contributed by atoms with Crippen LogP contribution in [0.5, 0.6) is 0 Å². The summed E-state index contributed by atoms with van der Waals surface area (Å²) in [5.41, 5.74) is 2.78. The molecule has 0 N–H and O–H groups in total. The molecule has 28 heavy (non-hydrogen) atoms. The maximum Gasteiger partial charge on any atom is 0.264 e. The summed E-state index contributed by atoms with van der Waals surface area (Å²) in [7, 11) is 0. The average molecular weight is 386 g/mol. The van der Waals surface area contributed by atoms with Crippen molar-refractivity contribution in [3.8, 4) is 11.5 Å². The van der Waals surface area contributed by atoms with E-state index >= 15 is 0 Å². The SMILES string of the molecule is CC1c2cnc(-c3ccccn3)nc2CCN1C(=O)c1cc2ccccc2s1. The first-order chi connectivity index (χ1) is 13.7. The summed E-state index contributed by atoms with van der Waals surface area (Å²) in [5.74, 6) is 0.712. The predicted octanol–water partition coefficient (Wildman–Crippen LogP) is 4.51. The zero-order valence-corrected chi connectivity index (χ0v) is 16.2. The zero-order valence-electron chi connectivity index (χ0n) is 15.4. The molecule has 0 radical (unpaired) electrons. The van der Waals surface area contributed by atoms with Crippen LogP contribution in [0.3, 0.4) is 0 Å². The van der Waals surface area contributed by atoms with E-state index in [1.54, 1.807) is 17.5 Å². The minimum atomic E-state index is -0.0563. The number of benzene rings is 1. The lowest BCUT2D eigenvalue weighted by Gasteiger charge is -2.34. The van der Waals surface area contributed by atoms with Crippen LogP contribution in [0, 0.1) is 0 Å². The van der Waals surface area contributed by atoms with E-state index in [4.69, 9.17) is 4.98 Å². The average Bonchev–Trinajstić information content (AvgIpc) is 3.18. The first-order valence-electron chi connectivity index (χ1n) is 9.27. The largest absolute Gasteiger partial charge is 0.331 e. The van der Waals surface area contributed by atoms with Gasteiger partial charge in [0.15, 0.2) is 5.82 Å². The van der Waals surface area contributed by atoms with Crippen molar-refractivity contribution in [2.24, 2.45) is 0 Å². The van der Waals surface area contributed by atoms with Gasteiger partial charge in [0.2, 0.25) is 0 Å². The fourth-order valence-corrected chi connectivity index (χ4v) is 4.71. The molecule has 5 nitrogen and oxygen atoms in total. The maximum absolute atomic E-state index is 13.2. The number of pyridine rings is 1. The van der Waals surface area contributed by atoms with Crippen LogP contribution in [-0.4, -0.2) is 32.3 Å². The first-order valence-corrected chi connectivity index (χ1v) is 10.1. The van der Waals surface area contributed by atoms with Crippen molar-refractivity contribution in [2.75, 3.05) is 6.54 Å². The van der Waals surface area contributed by atoms with Crippen molar-refractivity contribution in [1.29, 1.82) is 0 Å². The third-order valence-electron chi connectivity index (χ3n) is 5.20. The molecule has 0 aliphatic carbocycles. The van der Waals surface area contributed by atoms with Gasteiger partial charge in [-0.2, -0.15) is 0 Å². The van der Waals surface area contributed by atoms with Gasteiger partial charge in [-0.1, -0.05) is 24.3 Å². The van der Waals surface area contributed by atoms with Crippen LogP contribution in [0.4, 0.5) is 0 Å². The Morgan fingerprint density at radius 2 is 2.00 bits per heavy atom. The van der Waals surface area contributed by atoms with Crippen molar-refractivity contribution < 1.29 is 4.79 Å². The third kappa shape index (κ3) is 2.86. The molecule has 5 rings (SSSR count). The van der Waals surface area contributed by atoms with Gasteiger partial charge in [0.05, 0.1) is 16.6 Å². The number of amides is 1. The fourth-order valence-electron chi connectivity index (χ4n) is 3.69. The van der Waals surface area contributed by atoms with E-state index in [9.17, 15) is 4.79 Å². The van der Waals surface area contributed by atoms with Gasteiger partial charge in [-0.15, -0.1) is 11.3 Å². The predicted molar refractivity (Wildman–Crippen MR) is 110 cm³/mol. The third-order valence-corrected chi connectivity index (χ3v) is 6.30. The number of nitrogens with zero attached hydrogens (tertiary/aromatic N) is 4. The monoisotopic (exact) mass is 386 g/mol. The molecule has 138 valence electrons. The second-order valence-electron chi connectivity index (χ2n) is 6.88. The van der Waals surface area contributed by atoms with Crippen LogP contribution in [0.2, 0.25) is 0 Å². The molecule has 0 spiro atoms. The Kier molecular flexibility index (Phi) is 4.13. The molecule has 6 heteroatoms. The summed E-state index contributed by atoms with van der Waals surface area (Å²) in [6.07, 6.45) is 4.31. The Bertz CT molecular complexity index is 1140. The van der Waals surface area contributed by atoms with Crippen molar-refractivity contribution in [3.05, 3.63) is 77.1 Å². The molecular formula is C22H18N4OS. The van der Waals surface area contributed by atoms with Gasteiger partial charge in [0, 0.05) is 35.6 Å². The summed E-state index contributed by atoms with van der Waals surface area (Å²) in [6, 6.07) is 15.8. The highest BCUT2D eigenvalue weighted by Gasteiger charge is 2.30. The first kappa shape index (κ1) is 17.0.